The van der Waals surface area contributed by atoms with Crippen LogP contribution in [0.1, 0.15) is 40.1 Å². The summed E-state index contributed by atoms with van der Waals surface area (Å²) in [5.74, 6) is -2.00. The Morgan fingerprint density at radius 1 is 1.22 bits per heavy atom. The first kappa shape index (κ1) is 13.9. The first-order chi connectivity index (χ1) is 8.47. The molecule has 1 aromatic carbocycles. The highest BCUT2D eigenvalue weighted by atomic mass is 16.5. The summed E-state index contributed by atoms with van der Waals surface area (Å²) in [5.41, 5.74) is 0.290. The Labute approximate surface area is 104 Å². The van der Waals surface area contributed by atoms with Gasteiger partial charge < -0.3 is 9.84 Å². The van der Waals surface area contributed by atoms with Crippen LogP contribution in [0.4, 0.5) is 0 Å². The molecule has 0 heterocycles. The van der Waals surface area contributed by atoms with Crippen molar-refractivity contribution in [3.05, 3.63) is 34.9 Å². The maximum atomic E-state index is 11.7. The monoisotopic (exact) mass is 250 g/mol. The van der Waals surface area contributed by atoms with Crippen molar-refractivity contribution in [1.29, 1.82) is 0 Å². The Kier molecular flexibility index (Phi) is 4.59. The molecule has 96 valence electrons. The summed E-state index contributed by atoms with van der Waals surface area (Å²) in [5, 5.41) is 9.05. The second-order valence-corrected chi connectivity index (χ2v) is 3.74. The van der Waals surface area contributed by atoms with Gasteiger partial charge in [0.2, 0.25) is 0 Å². The largest absolute Gasteiger partial charge is 0.478 e. The van der Waals surface area contributed by atoms with Gasteiger partial charge in [-0.3, -0.25) is 4.79 Å². The van der Waals surface area contributed by atoms with E-state index in [0.29, 0.717) is 0 Å². The van der Waals surface area contributed by atoms with Crippen LogP contribution in [-0.2, 0) is 16.0 Å². The fraction of sp³-hybridized carbons (Fsp3) is 0.308. The molecule has 5 heteroatoms. The lowest BCUT2D eigenvalue weighted by Crippen LogP contribution is -2.14. The van der Waals surface area contributed by atoms with Gasteiger partial charge >= 0.3 is 11.9 Å². The van der Waals surface area contributed by atoms with Crippen molar-refractivity contribution in [1.82, 2.24) is 0 Å². The fourth-order valence-corrected chi connectivity index (χ4v) is 1.63. The Balaban J connectivity index is 3.31. The normalized spacial score (nSPS) is 9.89. The van der Waals surface area contributed by atoms with E-state index >= 15 is 0 Å². The minimum Gasteiger partial charge on any atom is -0.478 e. The maximum Gasteiger partial charge on any atom is 0.338 e. The van der Waals surface area contributed by atoms with Gasteiger partial charge in [-0.1, -0.05) is 6.07 Å². The lowest BCUT2D eigenvalue weighted by molar-refractivity contribution is -0.116. The van der Waals surface area contributed by atoms with Crippen LogP contribution in [0.2, 0.25) is 0 Å². The van der Waals surface area contributed by atoms with Gasteiger partial charge in [-0.25, -0.2) is 9.59 Å². The molecule has 0 saturated carbocycles. The first-order valence-electron chi connectivity index (χ1n) is 5.49. The Morgan fingerprint density at radius 3 is 2.33 bits per heavy atom. The van der Waals surface area contributed by atoms with Crippen LogP contribution < -0.4 is 0 Å². The van der Waals surface area contributed by atoms with Crippen molar-refractivity contribution < 1.29 is 24.2 Å². The average Bonchev–Trinajstić information content (AvgIpc) is 2.28. The van der Waals surface area contributed by atoms with Crippen molar-refractivity contribution in [2.75, 3.05) is 6.61 Å². The molecule has 0 aliphatic rings. The van der Waals surface area contributed by atoms with Gasteiger partial charge in [0.15, 0.2) is 0 Å². The SMILES string of the molecule is CCOC(=O)c1cccc(C(=O)O)c1CC(C)=O. The molecular formula is C13H14O5. The number of ketones is 1. The minimum absolute atomic E-state index is 0.0456. The van der Waals surface area contributed by atoms with E-state index < -0.39 is 11.9 Å². The van der Waals surface area contributed by atoms with Crippen LogP contribution in [0.15, 0.2) is 18.2 Å². The molecule has 18 heavy (non-hydrogen) atoms. The Morgan fingerprint density at radius 2 is 1.83 bits per heavy atom. The summed E-state index contributed by atoms with van der Waals surface area (Å²) in [6, 6.07) is 4.28. The zero-order valence-electron chi connectivity index (χ0n) is 10.2. The molecule has 0 bridgehead atoms. The number of carboxylic acid groups (broad SMARTS) is 1. The molecule has 0 amide bonds. The number of Topliss-reactive ketones (excluding diaryl/α,β-unsaturated/α-hetero) is 1. The fourth-order valence-electron chi connectivity index (χ4n) is 1.63. The molecule has 1 aromatic rings. The third kappa shape index (κ3) is 3.16. The summed E-state index contributed by atoms with van der Waals surface area (Å²) < 4.78 is 4.84. The molecule has 0 fully saturated rings. The smallest absolute Gasteiger partial charge is 0.338 e. The highest BCUT2D eigenvalue weighted by Gasteiger charge is 2.20. The highest BCUT2D eigenvalue weighted by Crippen LogP contribution is 2.17. The van der Waals surface area contributed by atoms with Crippen molar-refractivity contribution in [3.63, 3.8) is 0 Å². The zero-order valence-corrected chi connectivity index (χ0v) is 10.2. The summed E-state index contributed by atoms with van der Waals surface area (Å²) >= 11 is 0. The van der Waals surface area contributed by atoms with E-state index in [1.807, 2.05) is 0 Å². The molecule has 5 nitrogen and oxygen atoms in total. The summed E-state index contributed by atoms with van der Waals surface area (Å²) in [6.45, 7) is 3.19. The molecule has 1 rings (SSSR count). The van der Waals surface area contributed by atoms with Crippen LogP contribution in [0.25, 0.3) is 0 Å². The minimum atomic E-state index is -1.17. The lowest BCUT2D eigenvalue weighted by Gasteiger charge is -2.10. The highest BCUT2D eigenvalue weighted by molar-refractivity contribution is 5.99. The molecule has 0 aliphatic carbocycles. The number of carbonyl (C=O) groups excluding carboxylic acids is 2. The molecule has 0 saturated heterocycles. The van der Waals surface area contributed by atoms with Gasteiger partial charge in [0.25, 0.3) is 0 Å². The van der Waals surface area contributed by atoms with Gasteiger partial charge in [-0.15, -0.1) is 0 Å². The van der Waals surface area contributed by atoms with E-state index in [2.05, 4.69) is 0 Å². The van der Waals surface area contributed by atoms with Crippen LogP contribution in [0.5, 0.6) is 0 Å². The topological polar surface area (TPSA) is 80.7 Å². The molecule has 0 spiro atoms. The third-order valence-electron chi connectivity index (χ3n) is 2.33. The number of carbonyl (C=O) groups is 3. The Bertz CT molecular complexity index is 490. The molecular weight excluding hydrogens is 236 g/mol. The van der Waals surface area contributed by atoms with E-state index in [4.69, 9.17) is 9.84 Å². The van der Waals surface area contributed by atoms with Crippen LogP contribution in [0.3, 0.4) is 0 Å². The van der Waals surface area contributed by atoms with Gasteiger partial charge in [-0.2, -0.15) is 0 Å². The average molecular weight is 250 g/mol. The van der Waals surface area contributed by atoms with E-state index in [1.165, 1.54) is 25.1 Å². The van der Waals surface area contributed by atoms with E-state index in [0.717, 1.165) is 0 Å². The van der Waals surface area contributed by atoms with Gasteiger partial charge in [0.05, 0.1) is 17.7 Å². The number of hydrogen-bond acceptors (Lipinski definition) is 4. The van der Waals surface area contributed by atoms with Gasteiger partial charge in [0, 0.05) is 6.42 Å². The standard InChI is InChI=1S/C13H14O5/c1-3-18-13(17)10-6-4-5-9(12(15)16)11(10)7-8(2)14/h4-6H,3,7H2,1-2H3,(H,15,16). The predicted octanol–water partition coefficient (Wildman–Crippen LogP) is 1.69. The quantitative estimate of drug-likeness (QED) is 0.804. The summed E-state index contributed by atoms with van der Waals surface area (Å²) in [7, 11) is 0. The van der Waals surface area contributed by atoms with E-state index in [9.17, 15) is 14.4 Å². The van der Waals surface area contributed by atoms with E-state index in [-0.39, 0.29) is 35.5 Å². The summed E-state index contributed by atoms with van der Waals surface area (Å²) in [6.07, 6.45) is -0.101. The second kappa shape index (κ2) is 5.95. The number of hydrogen-bond donors (Lipinski definition) is 1. The number of esters is 1. The number of aromatic carboxylic acids is 1. The summed E-state index contributed by atoms with van der Waals surface area (Å²) in [4.78, 5) is 33.9. The van der Waals surface area contributed by atoms with Crippen LogP contribution >= 0.6 is 0 Å². The molecule has 0 aromatic heterocycles. The predicted molar refractivity (Wildman–Crippen MR) is 63.7 cm³/mol. The van der Waals surface area contributed by atoms with Crippen LogP contribution in [-0.4, -0.2) is 29.4 Å². The number of carboxylic acids is 1. The second-order valence-electron chi connectivity index (χ2n) is 3.74. The molecule has 0 radical (unpaired) electrons. The van der Waals surface area contributed by atoms with Crippen LogP contribution in [0, 0.1) is 0 Å². The van der Waals surface area contributed by atoms with Crippen molar-refractivity contribution >= 4 is 17.7 Å². The van der Waals surface area contributed by atoms with Gasteiger partial charge in [-0.05, 0) is 31.5 Å². The third-order valence-corrected chi connectivity index (χ3v) is 2.33. The van der Waals surface area contributed by atoms with Crippen molar-refractivity contribution in [2.24, 2.45) is 0 Å². The number of ether oxygens (including phenoxy) is 1. The number of benzene rings is 1. The van der Waals surface area contributed by atoms with E-state index in [1.54, 1.807) is 6.92 Å². The lowest BCUT2D eigenvalue weighted by atomic mass is 9.96. The maximum absolute atomic E-state index is 11.7. The van der Waals surface area contributed by atoms with Crippen molar-refractivity contribution in [3.8, 4) is 0 Å². The number of rotatable bonds is 5. The Hall–Kier alpha value is -2.17. The zero-order chi connectivity index (χ0) is 13.7. The van der Waals surface area contributed by atoms with Crippen molar-refractivity contribution in [2.45, 2.75) is 20.3 Å². The van der Waals surface area contributed by atoms with Gasteiger partial charge in [0.1, 0.15) is 5.78 Å². The molecule has 0 aliphatic heterocycles. The molecule has 1 N–H and O–H groups in total. The molecule has 0 unspecified atom stereocenters. The molecule has 0 atom stereocenters. The first-order valence-corrected chi connectivity index (χ1v) is 5.49.